The normalized spacial score (nSPS) is 13.5. The van der Waals surface area contributed by atoms with Crippen LogP contribution in [0.25, 0.3) is 0 Å². The van der Waals surface area contributed by atoms with Crippen molar-refractivity contribution in [3.63, 3.8) is 0 Å². The van der Waals surface area contributed by atoms with Crippen molar-refractivity contribution < 1.29 is 33.8 Å². The molecule has 0 aliphatic carbocycles. The van der Waals surface area contributed by atoms with E-state index in [0.29, 0.717) is 17.4 Å². The minimum atomic E-state index is -0.988. The number of rotatable bonds is 13. The second kappa shape index (κ2) is 12.9. The maximum absolute atomic E-state index is 11.9. The van der Waals surface area contributed by atoms with Crippen LogP contribution in [0.5, 0.6) is 0 Å². The molecule has 0 aliphatic heterocycles. The lowest BCUT2D eigenvalue weighted by atomic mass is 10.2. The maximum Gasteiger partial charge on any atom is 0.328 e. The topological polar surface area (TPSA) is 101 Å². The Bertz CT molecular complexity index is 543. The average molecular weight is 368 g/mol. The minimum absolute atomic E-state index is 0.188. The Morgan fingerprint density at radius 1 is 1.00 bits per heavy atom. The summed E-state index contributed by atoms with van der Waals surface area (Å²) in [6.07, 6.45) is 11.3. The number of carbonyl (C=O) groups excluding carboxylic acids is 1. The Morgan fingerprint density at radius 3 is 2.23 bits per heavy atom. The Kier molecular flexibility index (Phi) is 11.7. The van der Waals surface area contributed by atoms with Gasteiger partial charge in [-0.05, 0) is 19.3 Å². The molecule has 1 atom stereocenters. The van der Waals surface area contributed by atoms with Crippen molar-refractivity contribution in [1.82, 2.24) is 0 Å². The smallest absolute Gasteiger partial charge is 0.328 e. The van der Waals surface area contributed by atoms with Gasteiger partial charge in [-0.15, -0.1) is 0 Å². The predicted octanol–water partition coefficient (Wildman–Crippen LogP) is 2.39. The summed E-state index contributed by atoms with van der Waals surface area (Å²) in [5.41, 5.74) is 0. The van der Waals surface area contributed by atoms with Gasteiger partial charge in [0.25, 0.3) is 0 Å². The summed E-state index contributed by atoms with van der Waals surface area (Å²) in [4.78, 5) is 33.0. The van der Waals surface area contributed by atoms with E-state index in [2.05, 4.69) is 0 Å². The number of quaternary nitrogens is 1. The summed E-state index contributed by atoms with van der Waals surface area (Å²) in [6.45, 7) is 0.448. The number of nitrogens with zero attached hydrogens (tertiary/aromatic N) is 1. The molecule has 2 N–H and O–H groups in total. The highest BCUT2D eigenvalue weighted by atomic mass is 16.5. The first kappa shape index (κ1) is 23.6. The molecule has 0 heterocycles. The van der Waals surface area contributed by atoms with Crippen LogP contribution in [0.15, 0.2) is 36.5 Å². The molecule has 26 heavy (non-hydrogen) atoms. The zero-order valence-electron chi connectivity index (χ0n) is 15.8. The van der Waals surface area contributed by atoms with Crippen LogP contribution in [0.4, 0.5) is 0 Å². The molecule has 0 radical (unpaired) electrons. The standard InChI is InChI=1S/C19H29NO6/c1-20(2,3)15-16(14-18(23)24)26-19(25)13-11-9-7-5-4-6-8-10-12-17(21)22/h4-6,8,10,12,16H,7,9,11,13-15H2,1-3H3,(H-,21,22,23,24)/p+1/b5-4+,8-6+,12-10+. The van der Waals surface area contributed by atoms with Gasteiger partial charge in [0.15, 0.2) is 6.10 Å². The molecule has 0 fully saturated rings. The molecule has 0 aliphatic rings. The SMILES string of the molecule is C[N+](C)(C)CC(CC(=O)O)OC(=O)CCCC/C=C/C=C/C=C/C(=O)O. The number of carbonyl (C=O) groups is 3. The third-order valence-corrected chi connectivity index (χ3v) is 3.16. The number of aliphatic carboxylic acids is 2. The first-order chi connectivity index (χ1) is 12.1. The van der Waals surface area contributed by atoms with E-state index >= 15 is 0 Å². The third-order valence-electron chi connectivity index (χ3n) is 3.16. The van der Waals surface area contributed by atoms with Crippen LogP contribution in [-0.2, 0) is 19.1 Å². The van der Waals surface area contributed by atoms with Crippen molar-refractivity contribution in [2.75, 3.05) is 27.7 Å². The van der Waals surface area contributed by atoms with E-state index in [1.165, 1.54) is 6.08 Å². The summed E-state index contributed by atoms with van der Waals surface area (Å²) < 4.78 is 5.83. The molecule has 0 saturated heterocycles. The average Bonchev–Trinajstić information content (AvgIpc) is 2.46. The molecule has 0 saturated carbocycles. The zero-order valence-corrected chi connectivity index (χ0v) is 15.8. The van der Waals surface area contributed by atoms with Crippen molar-refractivity contribution in [2.24, 2.45) is 0 Å². The molecule has 146 valence electrons. The van der Waals surface area contributed by atoms with Gasteiger partial charge >= 0.3 is 17.9 Å². The summed E-state index contributed by atoms with van der Waals surface area (Å²) in [7, 11) is 5.75. The molecule has 1 unspecified atom stereocenters. The molecule has 0 bridgehead atoms. The number of carboxylic acid groups (broad SMARTS) is 2. The number of esters is 1. The van der Waals surface area contributed by atoms with Gasteiger partial charge in [0, 0.05) is 12.5 Å². The summed E-state index contributed by atoms with van der Waals surface area (Å²) >= 11 is 0. The van der Waals surface area contributed by atoms with Crippen molar-refractivity contribution in [3.05, 3.63) is 36.5 Å². The molecule has 7 heteroatoms. The summed E-state index contributed by atoms with van der Waals surface area (Å²) in [5, 5.41) is 17.3. The molecule has 0 aromatic heterocycles. The summed E-state index contributed by atoms with van der Waals surface area (Å²) in [6, 6.07) is 0. The number of hydrogen-bond acceptors (Lipinski definition) is 4. The van der Waals surface area contributed by atoms with E-state index in [1.807, 2.05) is 33.3 Å². The highest BCUT2D eigenvalue weighted by Crippen LogP contribution is 2.09. The second-order valence-corrected chi connectivity index (χ2v) is 6.94. The molecular weight excluding hydrogens is 338 g/mol. The van der Waals surface area contributed by atoms with Crippen LogP contribution in [0.3, 0.4) is 0 Å². The quantitative estimate of drug-likeness (QED) is 0.170. The highest BCUT2D eigenvalue weighted by molar-refractivity contribution is 5.80. The fourth-order valence-corrected chi connectivity index (χ4v) is 2.17. The predicted molar refractivity (Wildman–Crippen MR) is 98.6 cm³/mol. The Labute approximate surface area is 154 Å². The third kappa shape index (κ3) is 16.4. The van der Waals surface area contributed by atoms with Gasteiger partial charge in [-0.1, -0.05) is 30.4 Å². The van der Waals surface area contributed by atoms with Crippen molar-refractivity contribution in [1.29, 1.82) is 0 Å². The summed E-state index contributed by atoms with van der Waals surface area (Å²) in [5.74, 6) is -2.34. The van der Waals surface area contributed by atoms with Gasteiger partial charge in [0.1, 0.15) is 6.54 Å². The van der Waals surface area contributed by atoms with Gasteiger partial charge in [0.05, 0.1) is 27.6 Å². The first-order valence-corrected chi connectivity index (χ1v) is 8.54. The number of hydrogen-bond donors (Lipinski definition) is 2. The Balaban J connectivity index is 4.05. The van der Waals surface area contributed by atoms with Crippen molar-refractivity contribution in [2.45, 2.75) is 38.2 Å². The number of allylic oxidation sites excluding steroid dienone is 5. The van der Waals surface area contributed by atoms with Gasteiger partial charge in [-0.2, -0.15) is 0 Å². The molecule has 7 nitrogen and oxygen atoms in total. The fourth-order valence-electron chi connectivity index (χ4n) is 2.17. The van der Waals surface area contributed by atoms with Crippen molar-refractivity contribution in [3.8, 4) is 0 Å². The lowest BCUT2D eigenvalue weighted by Gasteiger charge is -2.28. The van der Waals surface area contributed by atoms with E-state index in [0.717, 1.165) is 18.9 Å². The second-order valence-electron chi connectivity index (χ2n) is 6.94. The Hall–Kier alpha value is -2.41. The van der Waals surface area contributed by atoms with Crippen molar-refractivity contribution >= 4 is 17.9 Å². The number of ether oxygens (including phenoxy) is 1. The van der Waals surface area contributed by atoms with E-state index < -0.39 is 18.0 Å². The van der Waals surface area contributed by atoms with Crippen LogP contribution in [-0.4, -0.2) is 66.4 Å². The lowest BCUT2D eigenvalue weighted by Crippen LogP contribution is -2.43. The van der Waals surface area contributed by atoms with E-state index in [1.54, 1.807) is 12.2 Å². The first-order valence-electron chi connectivity index (χ1n) is 8.54. The molecule has 0 amide bonds. The molecule has 0 spiro atoms. The maximum atomic E-state index is 11.9. The molecule has 0 aromatic carbocycles. The van der Waals surface area contributed by atoms with Gasteiger partial charge in [0.2, 0.25) is 0 Å². The van der Waals surface area contributed by atoms with Crippen LogP contribution >= 0.6 is 0 Å². The molecular formula is C19H30NO6+. The minimum Gasteiger partial charge on any atom is -0.481 e. The molecule has 0 aromatic rings. The van der Waals surface area contributed by atoms with Gasteiger partial charge < -0.3 is 19.4 Å². The van der Waals surface area contributed by atoms with E-state index in [9.17, 15) is 14.4 Å². The van der Waals surface area contributed by atoms with Crippen LogP contribution in [0, 0.1) is 0 Å². The number of carboxylic acids is 2. The van der Waals surface area contributed by atoms with E-state index in [-0.39, 0.29) is 18.8 Å². The number of unbranched alkanes of at least 4 members (excludes halogenated alkanes) is 2. The highest BCUT2D eigenvalue weighted by Gasteiger charge is 2.24. The van der Waals surface area contributed by atoms with Crippen LogP contribution in [0.2, 0.25) is 0 Å². The van der Waals surface area contributed by atoms with E-state index in [4.69, 9.17) is 14.9 Å². The van der Waals surface area contributed by atoms with Crippen LogP contribution in [0.1, 0.15) is 32.1 Å². The van der Waals surface area contributed by atoms with Gasteiger partial charge in [-0.3, -0.25) is 9.59 Å². The lowest BCUT2D eigenvalue weighted by molar-refractivity contribution is -0.873. The van der Waals surface area contributed by atoms with Gasteiger partial charge in [-0.25, -0.2) is 4.79 Å². The zero-order chi connectivity index (χ0) is 20.0. The fraction of sp³-hybridized carbons (Fsp3) is 0.526. The van der Waals surface area contributed by atoms with Crippen LogP contribution < -0.4 is 0 Å². The Morgan fingerprint density at radius 2 is 1.65 bits per heavy atom. The molecule has 0 rings (SSSR count). The largest absolute Gasteiger partial charge is 0.481 e. The monoisotopic (exact) mass is 368 g/mol. The number of likely N-dealkylation sites (N-methyl/N-ethyl adjacent to an activating group) is 1.